The summed E-state index contributed by atoms with van der Waals surface area (Å²) in [6.07, 6.45) is 17.3. The fourth-order valence-electron chi connectivity index (χ4n) is 4.37. The summed E-state index contributed by atoms with van der Waals surface area (Å²) in [5.74, 6) is 0.913. The van der Waals surface area contributed by atoms with Gasteiger partial charge >= 0.3 is 6.03 Å². The number of amides is 2. The topological polar surface area (TPSA) is 44.8 Å². The van der Waals surface area contributed by atoms with E-state index in [2.05, 4.69) is 34.5 Å². The van der Waals surface area contributed by atoms with Crippen LogP contribution in [0.2, 0.25) is 0 Å². The molecule has 1 fully saturated rings. The van der Waals surface area contributed by atoms with Crippen LogP contribution in [-0.2, 0) is 6.42 Å². The summed E-state index contributed by atoms with van der Waals surface area (Å²) in [6, 6.07) is 6.09. The van der Waals surface area contributed by atoms with Gasteiger partial charge in [0.25, 0.3) is 0 Å². The normalized spacial score (nSPS) is 18.7. The summed E-state index contributed by atoms with van der Waals surface area (Å²) < 4.78 is 5.99. The van der Waals surface area contributed by atoms with Crippen LogP contribution >= 0.6 is 0 Å². The van der Waals surface area contributed by atoms with E-state index in [-0.39, 0.29) is 6.03 Å². The van der Waals surface area contributed by atoms with Gasteiger partial charge in [0.05, 0.1) is 6.61 Å². The van der Waals surface area contributed by atoms with Crippen LogP contribution in [-0.4, -0.2) is 50.3 Å². The van der Waals surface area contributed by atoms with E-state index < -0.39 is 0 Å². The monoisotopic (exact) mass is 407 g/mol. The zero-order valence-corrected chi connectivity index (χ0v) is 17.8. The molecule has 30 heavy (non-hydrogen) atoms. The van der Waals surface area contributed by atoms with E-state index in [0.29, 0.717) is 6.54 Å². The second-order valence-corrected chi connectivity index (χ2v) is 8.26. The number of urea groups is 1. The maximum Gasteiger partial charge on any atom is 0.322 e. The van der Waals surface area contributed by atoms with E-state index in [1.165, 1.54) is 37.9 Å². The molecule has 1 aromatic rings. The average Bonchev–Trinajstić information content (AvgIpc) is 3.02. The first-order valence-electron chi connectivity index (χ1n) is 11.4. The number of allylic oxidation sites excluding steroid dienone is 4. The molecule has 1 N–H and O–H groups in total. The number of nitrogens with one attached hydrogen (secondary N) is 1. The Morgan fingerprint density at radius 2 is 2.00 bits per heavy atom. The SMILES string of the molecule is O=C(NCC1=CCC=CC=C1)N1CCc2cc(OCCCN3CCCCC3)ccc21. The number of fused-ring (bicyclic) bond motifs is 1. The molecule has 0 aromatic heterocycles. The van der Waals surface area contributed by atoms with E-state index in [1.54, 1.807) is 0 Å². The number of nitrogens with zero attached hydrogens (tertiary/aromatic N) is 2. The van der Waals surface area contributed by atoms with Crippen molar-refractivity contribution in [1.82, 2.24) is 10.2 Å². The number of carbonyl (C=O) groups excluding carboxylic acids is 1. The number of likely N-dealkylation sites (tertiary alicyclic amines) is 1. The first-order chi connectivity index (χ1) is 14.8. The molecule has 0 atom stereocenters. The van der Waals surface area contributed by atoms with Gasteiger partial charge in [-0.15, -0.1) is 0 Å². The van der Waals surface area contributed by atoms with Gasteiger partial charge < -0.3 is 15.0 Å². The van der Waals surface area contributed by atoms with Crippen molar-refractivity contribution in [3.63, 3.8) is 0 Å². The number of piperidine rings is 1. The van der Waals surface area contributed by atoms with Crippen molar-refractivity contribution in [2.24, 2.45) is 0 Å². The van der Waals surface area contributed by atoms with Gasteiger partial charge in [0.1, 0.15) is 5.75 Å². The Morgan fingerprint density at radius 3 is 2.90 bits per heavy atom. The Hall–Kier alpha value is -2.53. The Kier molecular flexibility index (Phi) is 7.25. The third-order valence-electron chi connectivity index (χ3n) is 6.05. The predicted molar refractivity (Wildman–Crippen MR) is 122 cm³/mol. The van der Waals surface area contributed by atoms with Crippen LogP contribution in [0.3, 0.4) is 0 Å². The van der Waals surface area contributed by atoms with Crippen LogP contribution < -0.4 is 15.0 Å². The first kappa shape index (κ1) is 20.7. The third kappa shape index (κ3) is 5.54. The Balaban J connectivity index is 1.24. The molecule has 2 amide bonds. The van der Waals surface area contributed by atoms with Crippen LogP contribution in [0.15, 0.2) is 54.2 Å². The van der Waals surface area contributed by atoms with Crippen LogP contribution in [0, 0.1) is 0 Å². The summed E-state index contributed by atoms with van der Waals surface area (Å²) >= 11 is 0. The minimum absolute atomic E-state index is 0.0320. The molecule has 0 unspecified atom stereocenters. The number of hydrogen-bond acceptors (Lipinski definition) is 3. The van der Waals surface area contributed by atoms with E-state index in [1.807, 2.05) is 29.2 Å². The summed E-state index contributed by atoms with van der Waals surface area (Å²) in [5, 5.41) is 3.05. The molecule has 2 heterocycles. The second kappa shape index (κ2) is 10.5. The summed E-state index contributed by atoms with van der Waals surface area (Å²) in [6.45, 7) is 5.62. The Bertz CT molecular complexity index is 822. The van der Waals surface area contributed by atoms with Gasteiger partial charge in [-0.25, -0.2) is 4.79 Å². The van der Waals surface area contributed by atoms with Crippen molar-refractivity contribution in [3.8, 4) is 5.75 Å². The molecule has 0 spiro atoms. The number of carbonyl (C=O) groups is 1. The number of benzene rings is 1. The fourth-order valence-corrected chi connectivity index (χ4v) is 4.37. The van der Waals surface area contributed by atoms with Crippen molar-refractivity contribution in [1.29, 1.82) is 0 Å². The van der Waals surface area contributed by atoms with Crippen molar-refractivity contribution < 1.29 is 9.53 Å². The number of anilines is 1. The lowest BCUT2D eigenvalue weighted by atomic mass is 10.1. The summed E-state index contributed by atoms with van der Waals surface area (Å²) in [5.41, 5.74) is 3.33. The van der Waals surface area contributed by atoms with E-state index in [0.717, 1.165) is 56.0 Å². The number of ether oxygens (including phenoxy) is 1. The summed E-state index contributed by atoms with van der Waals surface area (Å²) in [7, 11) is 0. The van der Waals surface area contributed by atoms with Crippen LogP contribution in [0.4, 0.5) is 10.5 Å². The predicted octanol–water partition coefficient (Wildman–Crippen LogP) is 4.46. The van der Waals surface area contributed by atoms with Gasteiger partial charge in [-0.05, 0) is 74.5 Å². The van der Waals surface area contributed by atoms with Crippen molar-refractivity contribution in [3.05, 3.63) is 59.7 Å². The quantitative estimate of drug-likeness (QED) is 0.679. The van der Waals surface area contributed by atoms with Gasteiger partial charge in [-0.1, -0.05) is 36.8 Å². The minimum Gasteiger partial charge on any atom is -0.494 e. The molecule has 1 aliphatic carbocycles. The van der Waals surface area contributed by atoms with Crippen molar-refractivity contribution in [2.45, 2.75) is 38.5 Å². The largest absolute Gasteiger partial charge is 0.494 e. The molecule has 5 heteroatoms. The van der Waals surface area contributed by atoms with Crippen LogP contribution in [0.1, 0.15) is 37.7 Å². The Morgan fingerprint density at radius 1 is 1.10 bits per heavy atom. The molecule has 2 aliphatic heterocycles. The van der Waals surface area contributed by atoms with E-state index >= 15 is 0 Å². The molecule has 0 saturated carbocycles. The molecule has 160 valence electrons. The minimum atomic E-state index is -0.0320. The fraction of sp³-hybridized carbons (Fsp3) is 0.480. The van der Waals surface area contributed by atoms with Crippen LogP contribution in [0.5, 0.6) is 5.75 Å². The highest BCUT2D eigenvalue weighted by Crippen LogP contribution is 2.31. The van der Waals surface area contributed by atoms with E-state index in [4.69, 9.17) is 4.74 Å². The first-order valence-corrected chi connectivity index (χ1v) is 11.4. The molecule has 1 saturated heterocycles. The average molecular weight is 408 g/mol. The number of rotatable bonds is 7. The van der Waals surface area contributed by atoms with Gasteiger partial charge in [-0.3, -0.25) is 4.90 Å². The van der Waals surface area contributed by atoms with Crippen LogP contribution in [0.25, 0.3) is 0 Å². The molecule has 5 nitrogen and oxygen atoms in total. The lowest BCUT2D eigenvalue weighted by Crippen LogP contribution is -2.39. The Labute approximate surface area is 180 Å². The highest BCUT2D eigenvalue weighted by Gasteiger charge is 2.25. The maximum absolute atomic E-state index is 12.7. The van der Waals surface area contributed by atoms with Gasteiger partial charge in [0.2, 0.25) is 0 Å². The molecular formula is C25H33N3O2. The molecule has 3 aliphatic rings. The summed E-state index contributed by atoms with van der Waals surface area (Å²) in [4.78, 5) is 17.1. The van der Waals surface area contributed by atoms with Crippen molar-refractivity contribution in [2.75, 3.05) is 44.2 Å². The second-order valence-electron chi connectivity index (χ2n) is 8.26. The van der Waals surface area contributed by atoms with E-state index in [9.17, 15) is 4.79 Å². The maximum atomic E-state index is 12.7. The molecule has 0 radical (unpaired) electrons. The van der Waals surface area contributed by atoms with Crippen molar-refractivity contribution >= 4 is 11.7 Å². The molecule has 0 bridgehead atoms. The number of hydrogen-bond donors (Lipinski definition) is 1. The third-order valence-corrected chi connectivity index (χ3v) is 6.05. The molecular weight excluding hydrogens is 374 g/mol. The standard InChI is InChI=1S/C25H33N3O2/c29-25(26-20-21-9-4-1-2-5-10-21)28-17-13-22-19-23(11-12-24(22)28)30-18-8-16-27-14-6-3-7-15-27/h1-2,4,9-12,19H,3,5-8,13-18,20H2,(H,26,29). The smallest absolute Gasteiger partial charge is 0.322 e. The van der Waals surface area contributed by atoms with Gasteiger partial charge in [-0.2, -0.15) is 0 Å². The lowest BCUT2D eigenvalue weighted by Gasteiger charge is -2.26. The zero-order valence-electron chi connectivity index (χ0n) is 17.8. The molecule has 1 aromatic carbocycles. The van der Waals surface area contributed by atoms with Gasteiger partial charge in [0.15, 0.2) is 0 Å². The lowest BCUT2D eigenvalue weighted by molar-refractivity contribution is 0.205. The molecule has 4 rings (SSSR count). The highest BCUT2D eigenvalue weighted by atomic mass is 16.5. The van der Waals surface area contributed by atoms with Gasteiger partial charge in [0, 0.05) is 25.3 Å². The highest BCUT2D eigenvalue weighted by molar-refractivity contribution is 5.94. The zero-order chi connectivity index (χ0) is 20.6.